The number of hydrogen-bond donors (Lipinski definition) is 1. The largest absolute Gasteiger partial charge is 0.492 e. The Labute approximate surface area is 124 Å². The lowest BCUT2D eigenvalue weighted by Crippen LogP contribution is -2.43. The molecule has 21 heavy (non-hydrogen) atoms. The first-order valence-electron chi connectivity index (χ1n) is 7.38. The van der Waals surface area contributed by atoms with Crippen LogP contribution in [0.1, 0.15) is 19.3 Å². The molecule has 0 unspecified atom stereocenters. The number of rotatable bonds is 4. The number of carbonyl (C=O) groups is 1. The van der Waals surface area contributed by atoms with Gasteiger partial charge in [-0.25, -0.2) is 4.79 Å². The number of urea groups is 1. The number of amides is 2. The average molecular weight is 292 g/mol. The highest BCUT2D eigenvalue weighted by atomic mass is 16.7. The van der Waals surface area contributed by atoms with Gasteiger partial charge >= 0.3 is 6.03 Å². The van der Waals surface area contributed by atoms with Crippen molar-refractivity contribution in [2.75, 3.05) is 33.0 Å². The Bertz CT molecular complexity index is 500. The van der Waals surface area contributed by atoms with Crippen LogP contribution in [0.3, 0.4) is 0 Å². The molecular weight excluding hydrogens is 272 g/mol. The molecule has 0 spiro atoms. The molecule has 0 bridgehead atoms. The second kappa shape index (κ2) is 6.56. The summed E-state index contributed by atoms with van der Waals surface area (Å²) in [5, 5.41) is 2.88. The number of carbonyl (C=O) groups excluding carboxylic acids is 1. The molecule has 0 aromatic heterocycles. The summed E-state index contributed by atoms with van der Waals surface area (Å²) in [5.41, 5.74) is 0. The highest BCUT2D eigenvalue weighted by molar-refractivity contribution is 5.74. The molecular formula is C15H20N2O4. The van der Waals surface area contributed by atoms with Crippen LogP contribution in [0.15, 0.2) is 18.2 Å². The molecule has 2 aliphatic heterocycles. The fourth-order valence-electron chi connectivity index (χ4n) is 2.50. The quantitative estimate of drug-likeness (QED) is 0.862. The monoisotopic (exact) mass is 292 g/mol. The SMILES string of the molecule is O=C(NCCOc1ccc2c(c1)OCO2)N1CCCCC1. The third-order valence-electron chi connectivity index (χ3n) is 3.63. The first-order valence-corrected chi connectivity index (χ1v) is 7.38. The molecule has 1 fully saturated rings. The van der Waals surface area contributed by atoms with Crippen molar-refractivity contribution in [2.45, 2.75) is 19.3 Å². The maximum absolute atomic E-state index is 11.9. The standard InChI is InChI=1S/C15H20N2O4/c18-15(17-7-2-1-3-8-17)16-6-9-19-12-4-5-13-14(10-12)21-11-20-13/h4-5,10H,1-3,6-9,11H2,(H,16,18). The summed E-state index contributed by atoms with van der Waals surface area (Å²) in [6, 6.07) is 5.46. The minimum Gasteiger partial charge on any atom is -0.492 e. The van der Waals surface area contributed by atoms with Gasteiger partial charge < -0.3 is 24.4 Å². The Balaban J connectivity index is 1.39. The predicted octanol–water partition coefficient (Wildman–Crippen LogP) is 1.99. The van der Waals surface area contributed by atoms with Crippen molar-refractivity contribution in [1.29, 1.82) is 0 Å². The number of benzene rings is 1. The van der Waals surface area contributed by atoms with Crippen molar-refractivity contribution < 1.29 is 19.0 Å². The normalized spacial score (nSPS) is 16.7. The number of likely N-dealkylation sites (tertiary alicyclic amines) is 1. The Morgan fingerprint density at radius 1 is 1.19 bits per heavy atom. The minimum atomic E-state index is 0.00369. The summed E-state index contributed by atoms with van der Waals surface area (Å²) in [7, 11) is 0. The van der Waals surface area contributed by atoms with E-state index in [0.29, 0.717) is 24.7 Å². The molecule has 2 aliphatic rings. The van der Waals surface area contributed by atoms with Crippen LogP contribution in [-0.4, -0.2) is 44.0 Å². The van der Waals surface area contributed by atoms with E-state index >= 15 is 0 Å². The Hall–Kier alpha value is -2.11. The lowest BCUT2D eigenvalue weighted by atomic mass is 10.1. The van der Waals surface area contributed by atoms with E-state index < -0.39 is 0 Å². The highest BCUT2D eigenvalue weighted by Gasteiger charge is 2.16. The van der Waals surface area contributed by atoms with E-state index in [1.165, 1.54) is 6.42 Å². The molecule has 2 amide bonds. The van der Waals surface area contributed by atoms with E-state index in [9.17, 15) is 4.79 Å². The second-order valence-electron chi connectivity index (χ2n) is 5.14. The van der Waals surface area contributed by atoms with E-state index in [0.717, 1.165) is 31.7 Å². The van der Waals surface area contributed by atoms with Crippen LogP contribution in [0.25, 0.3) is 0 Å². The number of ether oxygens (including phenoxy) is 3. The van der Waals surface area contributed by atoms with E-state index in [1.54, 1.807) is 6.07 Å². The van der Waals surface area contributed by atoms with Crippen LogP contribution in [0.2, 0.25) is 0 Å². The van der Waals surface area contributed by atoms with E-state index in [4.69, 9.17) is 14.2 Å². The van der Waals surface area contributed by atoms with Gasteiger partial charge in [-0.1, -0.05) is 0 Å². The number of nitrogens with zero attached hydrogens (tertiary/aromatic N) is 1. The molecule has 0 radical (unpaired) electrons. The van der Waals surface area contributed by atoms with E-state index in [1.807, 2.05) is 17.0 Å². The van der Waals surface area contributed by atoms with Crippen LogP contribution in [0, 0.1) is 0 Å². The average Bonchev–Trinajstić information content (AvgIpc) is 3.00. The summed E-state index contributed by atoms with van der Waals surface area (Å²) in [4.78, 5) is 13.8. The molecule has 6 nitrogen and oxygen atoms in total. The Kier molecular flexibility index (Phi) is 4.33. The van der Waals surface area contributed by atoms with Gasteiger partial charge in [-0.05, 0) is 31.4 Å². The summed E-state index contributed by atoms with van der Waals surface area (Å²) in [5.74, 6) is 2.15. The van der Waals surface area contributed by atoms with Gasteiger partial charge in [0, 0.05) is 19.2 Å². The van der Waals surface area contributed by atoms with E-state index in [2.05, 4.69) is 5.32 Å². The zero-order chi connectivity index (χ0) is 14.5. The lowest BCUT2D eigenvalue weighted by molar-refractivity contribution is 0.173. The van der Waals surface area contributed by atoms with Gasteiger partial charge in [-0.3, -0.25) is 0 Å². The predicted molar refractivity (Wildman–Crippen MR) is 76.9 cm³/mol. The van der Waals surface area contributed by atoms with Crippen molar-refractivity contribution in [1.82, 2.24) is 10.2 Å². The van der Waals surface area contributed by atoms with Crippen molar-refractivity contribution in [3.8, 4) is 17.2 Å². The van der Waals surface area contributed by atoms with Crippen molar-refractivity contribution in [3.63, 3.8) is 0 Å². The van der Waals surface area contributed by atoms with Crippen LogP contribution >= 0.6 is 0 Å². The number of fused-ring (bicyclic) bond motifs is 1. The molecule has 1 aromatic rings. The molecule has 3 rings (SSSR count). The summed E-state index contributed by atoms with van der Waals surface area (Å²) in [6.45, 7) is 2.89. The van der Waals surface area contributed by atoms with Crippen LogP contribution in [0.5, 0.6) is 17.2 Å². The zero-order valence-electron chi connectivity index (χ0n) is 12.0. The molecule has 6 heteroatoms. The minimum absolute atomic E-state index is 0.00369. The van der Waals surface area contributed by atoms with Gasteiger partial charge in [-0.15, -0.1) is 0 Å². The first-order chi connectivity index (χ1) is 10.3. The van der Waals surface area contributed by atoms with Gasteiger partial charge in [0.25, 0.3) is 0 Å². The topological polar surface area (TPSA) is 60.0 Å². The Morgan fingerprint density at radius 2 is 2.00 bits per heavy atom. The summed E-state index contributed by atoms with van der Waals surface area (Å²) in [6.07, 6.45) is 3.42. The van der Waals surface area contributed by atoms with Gasteiger partial charge in [0.15, 0.2) is 11.5 Å². The van der Waals surface area contributed by atoms with Crippen LogP contribution < -0.4 is 19.5 Å². The molecule has 2 heterocycles. The smallest absolute Gasteiger partial charge is 0.317 e. The summed E-state index contributed by atoms with van der Waals surface area (Å²) < 4.78 is 16.1. The number of piperidine rings is 1. The maximum atomic E-state index is 11.9. The summed E-state index contributed by atoms with van der Waals surface area (Å²) >= 11 is 0. The van der Waals surface area contributed by atoms with Gasteiger partial charge in [0.2, 0.25) is 6.79 Å². The van der Waals surface area contributed by atoms with Crippen molar-refractivity contribution in [2.24, 2.45) is 0 Å². The fraction of sp³-hybridized carbons (Fsp3) is 0.533. The van der Waals surface area contributed by atoms with Crippen molar-refractivity contribution in [3.05, 3.63) is 18.2 Å². The second-order valence-corrected chi connectivity index (χ2v) is 5.14. The van der Waals surface area contributed by atoms with Gasteiger partial charge in [0.05, 0.1) is 6.54 Å². The van der Waals surface area contributed by atoms with Gasteiger partial charge in [-0.2, -0.15) is 0 Å². The fourth-order valence-corrected chi connectivity index (χ4v) is 2.50. The van der Waals surface area contributed by atoms with Gasteiger partial charge in [0.1, 0.15) is 12.4 Å². The van der Waals surface area contributed by atoms with Crippen molar-refractivity contribution >= 4 is 6.03 Å². The third kappa shape index (κ3) is 3.51. The lowest BCUT2D eigenvalue weighted by Gasteiger charge is -2.26. The Morgan fingerprint density at radius 3 is 2.86 bits per heavy atom. The molecule has 1 saturated heterocycles. The number of nitrogens with one attached hydrogen (secondary N) is 1. The first kappa shape index (κ1) is 13.9. The maximum Gasteiger partial charge on any atom is 0.317 e. The molecule has 1 N–H and O–H groups in total. The van der Waals surface area contributed by atoms with Crippen LogP contribution in [-0.2, 0) is 0 Å². The van der Waals surface area contributed by atoms with Crippen LogP contribution in [0.4, 0.5) is 4.79 Å². The zero-order valence-corrected chi connectivity index (χ0v) is 12.0. The molecule has 0 atom stereocenters. The molecule has 0 aliphatic carbocycles. The van der Waals surface area contributed by atoms with E-state index in [-0.39, 0.29) is 12.8 Å². The third-order valence-corrected chi connectivity index (χ3v) is 3.63. The molecule has 0 saturated carbocycles. The molecule has 1 aromatic carbocycles. The molecule has 114 valence electrons. The number of hydrogen-bond acceptors (Lipinski definition) is 4. The highest BCUT2D eigenvalue weighted by Crippen LogP contribution is 2.34.